The highest BCUT2D eigenvalue weighted by molar-refractivity contribution is 5.79. The fourth-order valence-corrected chi connectivity index (χ4v) is 3.26. The summed E-state index contributed by atoms with van der Waals surface area (Å²) in [6.07, 6.45) is 4.74. The summed E-state index contributed by atoms with van der Waals surface area (Å²) in [5, 5.41) is 7.07. The quantitative estimate of drug-likeness (QED) is 0.922. The Kier molecular flexibility index (Phi) is 4.56. The van der Waals surface area contributed by atoms with Gasteiger partial charge in [-0.15, -0.1) is 0 Å². The SMILES string of the molecule is Cc1cc(CC(=O)N2CCCC2CCc2ccccc2)n[nH]1. The zero-order valence-corrected chi connectivity index (χ0v) is 13.1. The van der Waals surface area contributed by atoms with Gasteiger partial charge in [0.1, 0.15) is 0 Å². The van der Waals surface area contributed by atoms with Crippen molar-refractivity contribution in [3.63, 3.8) is 0 Å². The van der Waals surface area contributed by atoms with Crippen molar-refractivity contribution in [2.45, 2.75) is 45.1 Å². The summed E-state index contributed by atoms with van der Waals surface area (Å²) in [4.78, 5) is 14.6. The molecule has 2 heterocycles. The topological polar surface area (TPSA) is 49.0 Å². The number of hydrogen-bond donors (Lipinski definition) is 1. The average Bonchev–Trinajstić information content (AvgIpc) is 3.15. The highest BCUT2D eigenvalue weighted by Gasteiger charge is 2.28. The van der Waals surface area contributed by atoms with E-state index < -0.39 is 0 Å². The van der Waals surface area contributed by atoms with E-state index in [0.29, 0.717) is 12.5 Å². The Morgan fingerprint density at radius 3 is 2.91 bits per heavy atom. The molecule has 1 aliphatic heterocycles. The number of benzene rings is 1. The first-order chi connectivity index (χ1) is 10.7. The number of H-pyrrole nitrogens is 1. The molecule has 22 heavy (non-hydrogen) atoms. The molecule has 0 radical (unpaired) electrons. The van der Waals surface area contributed by atoms with E-state index in [2.05, 4.69) is 39.4 Å². The van der Waals surface area contributed by atoms with Gasteiger partial charge >= 0.3 is 0 Å². The van der Waals surface area contributed by atoms with E-state index in [4.69, 9.17) is 0 Å². The van der Waals surface area contributed by atoms with Crippen molar-refractivity contribution in [2.75, 3.05) is 6.54 Å². The normalized spacial score (nSPS) is 17.9. The monoisotopic (exact) mass is 297 g/mol. The van der Waals surface area contributed by atoms with Gasteiger partial charge in [-0.2, -0.15) is 5.10 Å². The number of carbonyl (C=O) groups excluding carboxylic acids is 1. The van der Waals surface area contributed by atoms with Gasteiger partial charge in [-0.1, -0.05) is 30.3 Å². The van der Waals surface area contributed by atoms with Crippen LogP contribution in [0.4, 0.5) is 0 Å². The Morgan fingerprint density at radius 2 is 2.18 bits per heavy atom. The van der Waals surface area contributed by atoms with Crippen LogP contribution in [0, 0.1) is 6.92 Å². The first-order valence-corrected chi connectivity index (χ1v) is 8.06. The van der Waals surface area contributed by atoms with Gasteiger partial charge < -0.3 is 4.90 Å². The zero-order chi connectivity index (χ0) is 15.4. The third-order valence-electron chi connectivity index (χ3n) is 4.40. The first-order valence-electron chi connectivity index (χ1n) is 8.06. The summed E-state index contributed by atoms with van der Waals surface area (Å²) >= 11 is 0. The number of aromatic nitrogens is 2. The Balaban J connectivity index is 1.56. The Morgan fingerprint density at radius 1 is 1.36 bits per heavy atom. The number of aromatic amines is 1. The third-order valence-corrected chi connectivity index (χ3v) is 4.40. The fourth-order valence-electron chi connectivity index (χ4n) is 3.26. The van der Waals surface area contributed by atoms with Crippen molar-refractivity contribution in [3.05, 3.63) is 53.3 Å². The summed E-state index contributed by atoms with van der Waals surface area (Å²) < 4.78 is 0. The predicted octanol–water partition coefficient (Wildman–Crippen LogP) is 2.88. The number of amides is 1. The molecular formula is C18H23N3O. The van der Waals surface area contributed by atoms with E-state index in [1.54, 1.807) is 0 Å². The minimum absolute atomic E-state index is 0.210. The van der Waals surface area contributed by atoms with E-state index >= 15 is 0 Å². The molecule has 0 spiro atoms. The number of likely N-dealkylation sites (tertiary alicyclic amines) is 1. The lowest BCUT2D eigenvalue weighted by molar-refractivity contribution is -0.131. The van der Waals surface area contributed by atoms with Crippen molar-refractivity contribution in [1.82, 2.24) is 15.1 Å². The molecule has 1 aromatic carbocycles. The van der Waals surface area contributed by atoms with Gasteiger partial charge in [-0.3, -0.25) is 9.89 Å². The van der Waals surface area contributed by atoms with Crippen LogP contribution in [0.1, 0.15) is 36.2 Å². The molecule has 1 N–H and O–H groups in total. The van der Waals surface area contributed by atoms with Gasteiger partial charge in [0.2, 0.25) is 5.91 Å². The Labute approximate surface area is 131 Å². The second-order valence-corrected chi connectivity index (χ2v) is 6.13. The highest BCUT2D eigenvalue weighted by Crippen LogP contribution is 2.22. The van der Waals surface area contributed by atoms with E-state index in [1.807, 2.05) is 19.1 Å². The van der Waals surface area contributed by atoms with Crippen LogP contribution >= 0.6 is 0 Å². The van der Waals surface area contributed by atoms with Crippen LogP contribution in [0.3, 0.4) is 0 Å². The second-order valence-electron chi connectivity index (χ2n) is 6.13. The lowest BCUT2D eigenvalue weighted by atomic mass is 10.0. The van der Waals surface area contributed by atoms with Crippen LogP contribution < -0.4 is 0 Å². The van der Waals surface area contributed by atoms with Gasteiger partial charge in [-0.05, 0) is 44.2 Å². The number of aryl methyl sites for hydroxylation is 2. The number of carbonyl (C=O) groups is 1. The summed E-state index contributed by atoms with van der Waals surface area (Å²) in [7, 11) is 0. The van der Waals surface area contributed by atoms with E-state index in [0.717, 1.165) is 43.6 Å². The standard InChI is InChI=1S/C18H23N3O/c1-14-12-16(20-19-14)13-18(22)21-11-5-8-17(21)10-9-15-6-3-2-4-7-15/h2-4,6-7,12,17H,5,8-11,13H2,1H3,(H,19,20). The molecule has 0 saturated carbocycles. The van der Waals surface area contributed by atoms with Crippen molar-refractivity contribution in [2.24, 2.45) is 0 Å². The largest absolute Gasteiger partial charge is 0.339 e. The van der Waals surface area contributed by atoms with Gasteiger partial charge in [0.25, 0.3) is 0 Å². The van der Waals surface area contributed by atoms with Crippen LogP contribution in [-0.2, 0) is 17.6 Å². The van der Waals surface area contributed by atoms with Crippen molar-refractivity contribution in [1.29, 1.82) is 0 Å². The molecule has 1 unspecified atom stereocenters. The van der Waals surface area contributed by atoms with Crippen molar-refractivity contribution < 1.29 is 4.79 Å². The van der Waals surface area contributed by atoms with Crippen molar-refractivity contribution >= 4 is 5.91 Å². The molecule has 3 rings (SSSR count). The van der Waals surface area contributed by atoms with Crippen LogP contribution in [0.5, 0.6) is 0 Å². The number of nitrogens with zero attached hydrogens (tertiary/aromatic N) is 2. The fraction of sp³-hybridized carbons (Fsp3) is 0.444. The number of nitrogens with one attached hydrogen (secondary N) is 1. The highest BCUT2D eigenvalue weighted by atomic mass is 16.2. The molecule has 4 nitrogen and oxygen atoms in total. The molecule has 1 amide bonds. The maximum absolute atomic E-state index is 12.5. The molecule has 1 aromatic heterocycles. The zero-order valence-electron chi connectivity index (χ0n) is 13.1. The van der Waals surface area contributed by atoms with Gasteiger partial charge in [0.05, 0.1) is 12.1 Å². The number of rotatable bonds is 5. The maximum atomic E-state index is 12.5. The molecule has 0 aliphatic carbocycles. The van der Waals surface area contributed by atoms with Crippen LogP contribution in [0.15, 0.2) is 36.4 Å². The third kappa shape index (κ3) is 3.56. The lowest BCUT2D eigenvalue weighted by Gasteiger charge is -2.24. The Bertz CT molecular complexity index is 620. The number of hydrogen-bond acceptors (Lipinski definition) is 2. The molecule has 0 bridgehead atoms. The van der Waals surface area contributed by atoms with Gasteiger partial charge in [-0.25, -0.2) is 0 Å². The van der Waals surface area contributed by atoms with Crippen molar-refractivity contribution in [3.8, 4) is 0 Å². The minimum Gasteiger partial charge on any atom is -0.339 e. The lowest BCUT2D eigenvalue weighted by Crippen LogP contribution is -2.36. The van der Waals surface area contributed by atoms with Crippen LogP contribution in [0.2, 0.25) is 0 Å². The summed E-state index contributed by atoms with van der Waals surface area (Å²) in [5.41, 5.74) is 3.20. The smallest absolute Gasteiger partial charge is 0.228 e. The van der Waals surface area contributed by atoms with E-state index in [9.17, 15) is 4.79 Å². The summed E-state index contributed by atoms with van der Waals surface area (Å²) in [6.45, 7) is 2.85. The Hall–Kier alpha value is -2.10. The molecule has 116 valence electrons. The molecular weight excluding hydrogens is 274 g/mol. The summed E-state index contributed by atoms with van der Waals surface area (Å²) in [5.74, 6) is 0.210. The van der Waals surface area contributed by atoms with E-state index in [1.165, 1.54) is 5.56 Å². The van der Waals surface area contributed by atoms with Gasteiger partial charge in [0.15, 0.2) is 0 Å². The van der Waals surface area contributed by atoms with Gasteiger partial charge in [0, 0.05) is 18.3 Å². The maximum Gasteiger partial charge on any atom is 0.228 e. The average molecular weight is 297 g/mol. The molecule has 4 heteroatoms. The molecule has 1 aliphatic rings. The molecule has 1 atom stereocenters. The first kappa shape index (κ1) is 14.8. The molecule has 1 fully saturated rings. The van der Waals surface area contributed by atoms with E-state index in [-0.39, 0.29) is 5.91 Å². The molecule has 1 saturated heterocycles. The molecule has 2 aromatic rings. The van der Waals surface area contributed by atoms with Crippen LogP contribution in [0.25, 0.3) is 0 Å². The predicted molar refractivity (Wildman–Crippen MR) is 86.5 cm³/mol. The minimum atomic E-state index is 0.210. The summed E-state index contributed by atoms with van der Waals surface area (Å²) in [6, 6.07) is 12.8. The van der Waals surface area contributed by atoms with Crippen LogP contribution in [-0.4, -0.2) is 33.6 Å². The second kappa shape index (κ2) is 6.77.